The predicted molar refractivity (Wildman–Crippen MR) is 59.8 cm³/mol. The highest BCUT2D eigenvalue weighted by Gasteiger charge is 2.46. The summed E-state index contributed by atoms with van der Waals surface area (Å²) in [6.07, 6.45) is 6.92. The zero-order valence-electron chi connectivity index (χ0n) is 8.77. The zero-order valence-corrected chi connectivity index (χ0v) is 8.77. The van der Waals surface area contributed by atoms with Crippen LogP contribution in [0.5, 0.6) is 0 Å². The maximum absolute atomic E-state index is 3.32. The normalized spacial score (nSPS) is 21.8. The van der Waals surface area contributed by atoms with Crippen molar-refractivity contribution in [3.8, 4) is 0 Å². The first-order valence-corrected chi connectivity index (χ1v) is 5.66. The second-order valence-electron chi connectivity index (χ2n) is 4.72. The molecule has 0 aliphatic heterocycles. The van der Waals surface area contributed by atoms with Crippen LogP contribution >= 0.6 is 0 Å². The molecule has 1 saturated carbocycles. The maximum atomic E-state index is 3.32. The Kier molecular flexibility index (Phi) is 1.64. The third-order valence-corrected chi connectivity index (χ3v) is 3.95. The Morgan fingerprint density at radius 2 is 2.07 bits per heavy atom. The van der Waals surface area contributed by atoms with Crippen LogP contribution in [0.3, 0.4) is 0 Å². The minimum Gasteiger partial charge on any atom is -0.388 e. The molecule has 14 heavy (non-hydrogen) atoms. The van der Waals surface area contributed by atoms with Crippen LogP contribution < -0.4 is 5.32 Å². The molecule has 3 rings (SSSR count). The van der Waals surface area contributed by atoms with Gasteiger partial charge in [-0.25, -0.2) is 0 Å². The molecule has 0 saturated heterocycles. The van der Waals surface area contributed by atoms with Gasteiger partial charge in [0.25, 0.3) is 0 Å². The average molecular weight is 187 g/mol. The van der Waals surface area contributed by atoms with E-state index < -0.39 is 0 Å². The number of anilines is 1. The van der Waals surface area contributed by atoms with Gasteiger partial charge in [0.2, 0.25) is 0 Å². The number of benzene rings is 1. The van der Waals surface area contributed by atoms with Gasteiger partial charge >= 0.3 is 0 Å². The first kappa shape index (κ1) is 8.34. The highest BCUT2D eigenvalue weighted by atomic mass is 14.8. The summed E-state index contributed by atoms with van der Waals surface area (Å²) >= 11 is 0. The number of hydrogen-bond donors (Lipinski definition) is 1. The molecule has 2 aliphatic rings. The van der Waals surface area contributed by atoms with Crippen molar-refractivity contribution in [2.45, 2.75) is 37.5 Å². The van der Waals surface area contributed by atoms with Gasteiger partial charge in [-0.15, -0.1) is 0 Å². The summed E-state index contributed by atoms with van der Waals surface area (Å²) < 4.78 is 0. The Labute approximate surface area is 85.5 Å². The van der Waals surface area contributed by atoms with Gasteiger partial charge in [0, 0.05) is 12.7 Å². The van der Waals surface area contributed by atoms with Crippen LogP contribution in [0.1, 0.15) is 36.8 Å². The van der Waals surface area contributed by atoms with Gasteiger partial charge in [0.05, 0.1) is 0 Å². The number of nitrogens with one attached hydrogen (secondary N) is 1. The zero-order chi connectivity index (χ0) is 9.60. The van der Waals surface area contributed by atoms with Crippen molar-refractivity contribution in [3.05, 3.63) is 29.3 Å². The number of fused-ring (bicyclic) bond motifs is 2. The van der Waals surface area contributed by atoms with Gasteiger partial charge in [-0.05, 0) is 54.7 Å². The lowest BCUT2D eigenvalue weighted by Gasteiger charge is -2.27. The largest absolute Gasteiger partial charge is 0.388 e. The van der Waals surface area contributed by atoms with Crippen molar-refractivity contribution < 1.29 is 0 Å². The Morgan fingerprint density at radius 3 is 2.79 bits per heavy atom. The van der Waals surface area contributed by atoms with Crippen LogP contribution in [0.15, 0.2) is 18.2 Å². The first-order valence-electron chi connectivity index (χ1n) is 5.66. The monoisotopic (exact) mass is 187 g/mol. The van der Waals surface area contributed by atoms with E-state index >= 15 is 0 Å². The molecule has 0 aromatic heterocycles. The van der Waals surface area contributed by atoms with Crippen LogP contribution in [0.25, 0.3) is 0 Å². The van der Waals surface area contributed by atoms with Gasteiger partial charge < -0.3 is 5.32 Å². The van der Waals surface area contributed by atoms with Crippen molar-refractivity contribution in [1.82, 2.24) is 0 Å². The third kappa shape index (κ3) is 1.01. The molecule has 1 aromatic carbocycles. The van der Waals surface area contributed by atoms with E-state index in [4.69, 9.17) is 0 Å². The van der Waals surface area contributed by atoms with Gasteiger partial charge in [-0.3, -0.25) is 0 Å². The van der Waals surface area contributed by atoms with Crippen LogP contribution in [-0.2, 0) is 11.8 Å². The van der Waals surface area contributed by atoms with Crippen LogP contribution in [0.2, 0.25) is 0 Å². The van der Waals surface area contributed by atoms with Gasteiger partial charge in [0.15, 0.2) is 0 Å². The predicted octanol–water partition coefficient (Wildman–Crippen LogP) is 3.10. The van der Waals surface area contributed by atoms with E-state index in [1.165, 1.54) is 37.8 Å². The minimum absolute atomic E-state index is 0.612. The molecule has 0 unspecified atom stereocenters. The molecule has 2 aliphatic carbocycles. The van der Waals surface area contributed by atoms with Gasteiger partial charge in [-0.2, -0.15) is 0 Å². The topological polar surface area (TPSA) is 12.0 Å². The summed E-state index contributed by atoms with van der Waals surface area (Å²) in [7, 11) is 2.03. The van der Waals surface area contributed by atoms with Gasteiger partial charge in [-0.1, -0.05) is 12.1 Å². The second kappa shape index (κ2) is 2.75. The van der Waals surface area contributed by atoms with Crippen LogP contribution in [0.4, 0.5) is 5.69 Å². The minimum atomic E-state index is 0.612. The molecule has 0 radical (unpaired) electrons. The summed E-state index contributed by atoms with van der Waals surface area (Å²) in [4.78, 5) is 0. The average Bonchev–Trinajstić information content (AvgIpc) is 2.99. The molecule has 1 heteroatoms. The molecular weight excluding hydrogens is 170 g/mol. The van der Waals surface area contributed by atoms with E-state index in [1.54, 1.807) is 11.1 Å². The summed E-state index contributed by atoms with van der Waals surface area (Å²) in [6, 6.07) is 6.76. The lowest BCUT2D eigenvalue weighted by molar-refractivity contribution is 0.543. The third-order valence-electron chi connectivity index (χ3n) is 3.95. The van der Waals surface area contributed by atoms with Crippen molar-refractivity contribution in [2.24, 2.45) is 0 Å². The van der Waals surface area contributed by atoms with Crippen molar-refractivity contribution in [2.75, 3.05) is 12.4 Å². The molecule has 1 nitrogen and oxygen atoms in total. The highest BCUT2D eigenvalue weighted by Crippen LogP contribution is 2.56. The van der Waals surface area contributed by atoms with E-state index in [0.29, 0.717) is 5.41 Å². The molecule has 1 N–H and O–H groups in total. The molecule has 0 atom stereocenters. The van der Waals surface area contributed by atoms with Crippen LogP contribution in [0, 0.1) is 0 Å². The smallest absolute Gasteiger partial charge is 0.0373 e. The quantitative estimate of drug-likeness (QED) is 0.712. The Hall–Kier alpha value is -0.980. The summed E-state index contributed by atoms with van der Waals surface area (Å²) in [5, 5.41) is 3.32. The SMILES string of the molecule is CNc1cccc2c1CCCC21CC1. The molecule has 1 aromatic rings. The first-order chi connectivity index (χ1) is 6.86. The van der Waals surface area contributed by atoms with Crippen molar-refractivity contribution in [3.63, 3.8) is 0 Å². The molecule has 0 heterocycles. The van der Waals surface area contributed by atoms with E-state index in [1.807, 2.05) is 7.05 Å². The summed E-state index contributed by atoms with van der Waals surface area (Å²) in [5.41, 5.74) is 5.21. The van der Waals surface area contributed by atoms with Crippen LogP contribution in [-0.4, -0.2) is 7.05 Å². The van der Waals surface area contributed by atoms with E-state index in [0.717, 1.165) is 0 Å². The summed E-state index contributed by atoms with van der Waals surface area (Å²) in [5.74, 6) is 0. The Balaban J connectivity index is 2.15. The van der Waals surface area contributed by atoms with E-state index in [9.17, 15) is 0 Å². The van der Waals surface area contributed by atoms with E-state index in [2.05, 4.69) is 23.5 Å². The molecule has 0 bridgehead atoms. The number of rotatable bonds is 1. The Morgan fingerprint density at radius 1 is 1.21 bits per heavy atom. The molecule has 1 fully saturated rings. The maximum Gasteiger partial charge on any atom is 0.0373 e. The molecular formula is C13H17N. The fourth-order valence-electron chi connectivity index (χ4n) is 3.00. The summed E-state index contributed by atoms with van der Waals surface area (Å²) in [6.45, 7) is 0. The van der Waals surface area contributed by atoms with Crippen molar-refractivity contribution >= 4 is 5.69 Å². The standard InChI is InChI=1S/C13H17N/c1-14-12-6-2-5-11-10(12)4-3-7-13(11)8-9-13/h2,5-6,14H,3-4,7-9H2,1H3. The lowest BCUT2D eigenvalue weighted by Crippen LogP contribution is -2.17. The lowest BCUT2D eigenvalue weighted by atomic mass is 9.79. The van der Waals surface area contributed by atoms with Crippen molar-refractivity contribution in [1.29, 1.82) is 0 Å². The second-order valence-corrected chi connectivity index (χ2v) is 4.72. The molecule has 74 valence electrons. The molecule has 1 spiro atoms. The molecule has 0 amide bonds. The highest BCUT2D eigenvalue weighted by molar-refractivity contribution is 5.58. The fraction of sp³-hybridized carbons (Fsp3) is 0.538. The number of hydrogen-bond acceptors (Lipinski definition) is 1. The Bertz CT molecular complexity index is 363. The fourth-order valence-corrected chi connectivity index (χ4v) is 3.00. The van der Waals surface area contributed by atoms with Gasteiger partial charge in [0.1, 0.15) is 0 Å². The van der Waals surface area contributed by atoms with E-state index in [-0.39, 0.29) is 0 Å².